The van der Waals surface area contributed by atoms with E-state index in [4.69, 9.17) is 11.6 Å². The lowest BCUT2D eigenvalue weighted by atomic mass is 9.84. The van der Waals surface area contributed by atoms with Gasteiger partial charge in [0.15, 0.2) is 0 Å². The molecule has 4 heterocycles. The van der Waals surface area contributed by atoms with Crippen LogP contribution in [0, 0.1) is 5.41 Å². The van der Waals surface area contributed by atoms with Crippen molar-refractivity contribution < 1.29 is 14.4 Å². The number of nitrogens with zero attached hydrogens (tertiary/aromatic N) is 4. The first kappa shape index (κ1) is 27.6. The number of aromatic nitrogens is 2. The van der Waals surface area contributed by atoms with Crippen LogP contribution in [0.15, 0.2) is 47.4 Å². The highest BCUT2D eigenvalue weighted by molar-refractivity contribution is 6.30. The smallest absolute Gasteiger partial charge is 0.265 e. The van der Waals surface area contributed by atoms with Gasteiger partial charge >= 0.3 is 0 Å². The molecule has 210 valence electrons. The molecular weight excluding hydrogens is 532 g/mol. The Kier molecular flexibility index (Phi) is 7.55. The summed E-state index contributed by atoms with van der Waals surface area (Å²) in [5, 5.41) is 6.97. The van der Waals surface area contributed by atoms with Crippen molar-refractivity contribution in [2.24, 2.45) is 5.41 Å². The second kappa shape index (κ2) is 10.9. The maximum Gasteiger partial charge on any atom is 0.265 e. The Balaban J connectivity index is 1.51. The molecule has 1 unspecified atom stereocenters. The van der Waals surface area contributed by atoms with Crippen molar-refractivity contribution in [2.45, 2.75) is 46.3 Å². The SMILES string of the molecule is CC(=O)NC1CCN(c2ccnc3c2cc(C(=O)NCc2ccc(Cl)cc2)c(=O)n3CC(=O)N2CC(C)(C)C2)C1. The largest absolute Gasteiger partial charge is 0.369 e. The van der Waals surface area contributed by atoms with Crippen molar-refractivity contribution in [1.29, 1.82) is 0 Å². The highest BCUT2D eigenvalue weighted by atomic mass is 35.5. The number of pyridine rings is 2. The number of rotatable bonds is 7. The zero-order valence-corrected chi connectivity index (χ0v) is 23.6. The number of hydrogen-bond donors (Lipinski definition) is 2. The first-order valence-electron chi connectivity index (χ1n) is 13.4. The van der Waals surface area contributed by atoms with E-state index in [1.54, 1.807) is 41.4 Å². The normalized spacial score (nSPS) is 17.9. The first-order valence-corrected chi connectivity index (χ1v) is 13.7. The van der Waals surface area contributed by atoms with Crippen LogP contribution in [-0.2, 0) is 22.7 Å². The molecule has 10 nitrogen and oxygen atoms in total. The van der Waals surface area contributed by atoms with Crippen molar-refractivity contribution in [3.8, 4) is 0 Å². The molecule has 2 fully saturated rings. The molecule has 0 aliphatic carbocycles. The van der Waals surface area contributed by atoms with Crippen LogP contribution in [0.2, 0.25) is 5.02 Å². The third-order valence-corrected chi connectivity index (χ3v) is 7.65. The van der Waals surface area contributed by atoms with Gasteiger partial charge in [0.1, 0.15) is 17.8 Å². The van der Waals surface area contributed by atoms with Gasteiger partial charge in [-0.1, -0.05) is 37.6 Å². The van der Waals surface area contributed by atoms with Gasteiger partial charge in [0.25, 0.3) is 11.5 Å². The minimum atomic E-state index is -0.573. The lowest BCUT2D eigenvalue weighted by Crippen LogP contribution is -2.56. The number of carbonyl (C=O) groups is 3. The molecule has 2 saturated heterocycles. The Morgan fingerprint density at radius 3 is 2.52 bits per heavy atom. The maximum atomic E-state index is 13.7. The molecule has 3 amide bonds. The van der Waals surface area contributed by atoms with Crippen molar-refractivity contribution >= 4 is 46.0 Å². The quantitative estimate of drug-likeness (QED) is 0.455. The summed E-state index contributed by atoms with van der Waals surface area (Å²) in [6.07, 6.45) is 2.37. The summed E-state index contributed by atoms with van der Waals surface area (Å²) in [6.45, 7) is 8.14. The molecule has 2 aromatic heterocycles. The number of halogens is 1. The molecular formula is C29H33ClN6O4. The predicted octanol–water partition coefficient (Wildman–Crippen LogP) is 2.56. The summed E-state index contributed by atoms with van der Waals surface area (Å²) in [6, 6.07) is 10.5. The van der Waals surface area contributed by atoms with Gasteiger partial charge in [-0.25, -0.2) is 4.98 Å². The lowest BCUT2D eigenvalue weighted by molar-refractivity contribution is -0.142. The van der Waals surface area contributed by atoms with E-state index >= 15 is 0 Å². The molecule has 0 radical (unpaired) electrons. The summed E-state index contributed by atoms with van der Waals surface area (Å²) in [5.74, 6) is -0.825. The van der Waals surface area contributed by atoms with Crippen LogP contribution >= 0.6 is 11.6 Å². The van der Waals surface area contributed by atoms with Gasteiger partial charge in [0, 0.05) is 68.0 Å². The maximum absolute atomic E-state index is 13.7. The molecule has 11 heteroatoms. The molecule has 2 aliphatic heterocycles. The van der Waals surface area contributed by atoms with Gasteiger partial charge in [-0.2, -0.15) is 0 Å². The third kappa shape index (κ3) is 5.82. The van der Waals surface area contributed by atoms with Crippen molar-refractivity contribution in [1.82, 2.24) is 25.1 Å². The van der Waals surface area contributed by atoms with Crippen LogP contribution < -0.4 is 21.1 Å². The number of likely N-dealkylation sites (tertiary alicyclic amines) is 1. The Morgan fingerprint density at radius 1 is 1.12 bits per heavy atom. The van der Waals surface area contributed by atoms with Gasteiger partial charge in [0.2, 0.25) is 11.8 Å². The van der Waals surface area contributed by atoms with Gasteiger partial charge < -0.3 is 20.4 Å². The van der Waals surface area contributed by atoms with Gasteiger partial charge in [-0.05, 0) is 41.7 Å². The van der Waals surface area contributed by atoms with E-state index in [1.165, 1.54) is 11.5 Å². The van der Waals surface area contributed by atoms with Crippen molar-refractivity contribution in [3.63, 3.8) is 0 Å². The van der Waals surface area contributed by atoms with E-state index in [0.29, 0.717) is 42.2 Å². The minimum absolute atomic E-state index is 0.00915. The summed E-state index contributed by atoms with van der Waals surface area (Å²) < 4.78 is 1.31. The number of amides is 3. The predicted molar refractivity (Wildman–Crippen MR) is 153 cm³/mol. The zero-order chi connectivity index (χ0) is 28.6. The van der Waals surface area contributed by atoms with Crippen LogP contribution in [0.1, 0.15) is 43.1 Å². The summed E-state index contributed by atoms with van der Waals surface area (Å²) in [5.41, 5.74) is 1.36. The fraction of sp³-hybridized carbons (Fsp3) is 0.414. The van der Waals surface area contributed by atoms with Gasteiger partial charge in [0.05, 0.1) is 0 Å². The Morgan fingerprint density at radius 2 is 1.85 bits per heavy atom. The number of carbonyl (C=O) groups excluding carboxylic acids is 3. The third-order valence-electron chi connectivity index (χ3n) is 7.40. The molecule has 2 N–H and O–H groups in total. The van der Waals surface area contributed by atoms with E-state index in [0.717, 1.165) is 17.7 Å². The molecule has 1 atom stereocenters. The van der Waals surface area contributed by atoms with E-state index in [9.17, 15) is 19.2 Å². The van der Waals surface area contributed by atoms with Gasteiger partial charge in [-0.3, -0.25) is 23.7 Å². The average Bonchev–Trinajstić information content (AvgIpc) is 3.35. The van der Waals surface area contributed by atoms with E-state index in [2.05, 4.69) is 34.4 Å². The first-order chi connectivity index (χ1) is 19.0. The topological polar surface area (TPSA) is 117 Å². The number of anilines is 1. The molecule has 3 aromatic rings. The molecule has 40 heavy (non-hydrogen) atoms. The number of hydrogen-bond acceptors (Lipinski definition) is 6. The van der Waals surface area contributed by atoms with Crippen LogP contribution in [-0.4, -0.2) is 64.4 Å². The molecule has 1 aromatic carbocycles. The second-order valence-corrected chi connectivity index (χ2v) is 11.8. The Bertz CT molecular complexity index is 1530. The highest BCUT2D eigenvalue weighted by Crippen LogP contribution is 2.30. The Labute approximate surface area is 237 Å². The fourth-order valence-corrected chi connectivity index (χ4v) is 5.63. The average molecular weight is 565 g/mol. The molecule has 0 saturated carbocycles. The van der Waals surface area contributed by atoms with Crippen molar-refractivity contribution in [2.75, 3.05) is 31.1 Å². The van der Waals surface area contributed by atoms with Crippen LogP contribution in [0.25, 0.3) is 11.0 Å². The monoisotopic (exact) mass is 564 g/mol. The zero-order valence-electron chi connectivity index (χ0n) is 22.9. The fourth-order valence-electron chi connectivity index (χ4n) is 5.50. The summed E-state index contributed by atoms with van der Waals surface area (Å²) >= 11 is 5.97. The Hall–Kier alpha value is -3.92. The van der Waals surface area contributed by atoms with E-state index in [-0.39, 0.29) is 41.9 Å². The number of nitrogens with one attached hydrogen (secondary N) is 2. The molecule has 2 aliphatic rings. The van der Waals surface area contributed by atoms with Crippen molar-refractivity contribution in [3.05, 3.63) is 69.1 Å². The lowest BCUT2D eigenvalue weighted by Gasteiger charge is -2.45. The van der Waals surface area contributed by atoms with Crippen LogP contribution in [0.5, 0.6) is 0 Å². The molecule has 5 rings (SSSR count). The molecule has 0 bridgehead atoms. The molecule has 0 spiro atoms. The van der Waals surface area contributed by atoms with E-state index in [1.807, 2.05) is 6.07 Å². The van der Waals surface area contributed by atoms with Crippen LogP contribution in [0.3, 0.4) is 0 Å². The van der Waals surface area contributed by atoms with E-state index < -0.39 is 11.5 Å². The minimum Gasteiger partial charge on any atom is -0.369 e. The number of benzene rings is 1. The summed E-state index contributed by atoms with van der Waals surface area (Å²) in [4.78, 5) is 60.1. The van der Waals surface area contributed by atoms with Crippen LogP contribution in [0.4, 0.5) is 5.69 Å². The highest BCUT2D eigenvalue weighted by Gasteiger charge is 2.37. The summed E-state index contributed by atoms with van der Waals surface area (Å²) in [7, 11) is 0. The number of fused-ring (bicyclic) bond motifs is 1. The van der Waals surface area contributed by atoms with Gasteiger partial charge in [-0.15, -0.1) is 0 Å². The standard InChI is InChI=1S/C29H33ClN6O4/c1-18(37)33-21-9-11-34(14-21)24-8-10-31-26-22(24)12-23(27(39)32-13-19-4-6-20(30)7-5-19)28(40)36(26)15-25(38)35-16-29(2,3)17-35/h4-8,10,12,21H,9,11,13-17H2,1-3H3,(H,32,39)(H,33,37). The second-order valence-electron chi connectivity index (χ2n) is 11.4.